The number of fused-ring (bicyclic) bond motifs is 2. The highest BCUT2D eigenvalue weighted by Gasteiger charge is 2.33. The van der Waals surface area contributed by atoms with E-state index in [1.54, 1.807) is 0 Å². The van der Waals surface area contributed by atoms with Crippen LogP contribution in [0.1, 0.15) is 12.8 Å². The van der Waals surface area contributed by atoms with Crippen molar-refractivity contribution in [3.8, 4) is 0 Å². The monoisotopic (exact) mass is 211 g/mol. The Morgan fingerprint density at radius 2 is 2.29 bits per heavy atom. The van der Waals surface area contributed by atoms with Crippen LogP contribution >= 0.6 is 12.4 Å². The summed E-state index contributed by atoms with van der Waals surface area (Å²) in [6, 6.07) is 0. The Hall–Kier alpha value is -0.730. The van der Waals surface area contributed by atoms with E-state index in [4.69, 9.17) is 4.74 Å². The van der Waals surface area contributed by atoms with Crippen molar-refractivity contribution < 1.29 is 4.74 Å². The zero-order valence-electron chi connectivity index (χ0n) is 7.90. The molecule has 1 aliphatic carbocycles. The number of hydrogen-bond donors (Lipinski definition) is 1. The van der Waals surface area contributed by atoms with Crippen molar-refractivity contribution in [3.63, 3.8) is 0 Å². The summed E-state index contributed by atoms with van der Waals surface area (Å²) in [4.78, 5) is 0. The third-order valence-electron chi connectivity index (χ3n) is 2.88. The molecule has 2 atom stereocenters. The molecule has 0 aromatic carbocycles. The molecule has 3 rings (SSSR count). The van der Waals surface area contributed by atoms with Crippen LogP contribution < -0.4 is 5.32 Å². The first-order valence-corrected chi connectivity index (χ1v) is 4.93. The predicted molar refractivity (Wildman–Crippen MR) is 58.5 cm³/mol. The lowest BCUT2D eigenvalue weighted by Gasteiger charge is -2.22. The summed E-state index contributed by atoms with van der Waals surface area (Å²) in [6.45, 7) is 1.10. The topological polar surface area (TPSA) is 21.3 Å². The second-order valence-corrected chi connectivity index (χ2v) is 3.73. The molecule has 2 aliphatic heterocycles. The number of ether oxygens (including phenoxy) is 1. The first-order chi connectivity index (χ1) is 6.45. The predicted octanol–water partition coefficient (Wildman–Crippen LogP) is 1.94. The molecule has 0 bridgehead atoms. The van der Waals surface area contributed by atoms with Gasteiger partial charge in [0, 0.05) is 17.8 Å². The molecule has 14 heavy (non-hydrogen) atoms. The molecule has 1 fully saturated rings. The molecule has 0 radical (unpaired) electrons. The molecule has 0 saturated carbocycles. The smallest absolute Gasteiger partial charge is 0.104 e. The van der Waals surface area contributed by atoms with E-state index in [9.17, 15) is 0 Å². The average molecular weight is 212 g/mol. The molecule has 0 amide bonds. The van der Waals surface area contributed by atoms with Gasteiger partial charge in [-0.15, -0.1) is 12.4 Å². The van der Waals surface area contributed by atoms with Crippen LogP contribution in [0.2, 0.25) is 0 Å². The van der Waals surface area contributed by atoms with E-state index in [1.807, 2.05) is 0 Å². The summed E-state index contributed by atoms with van der Waals surface area (Å²) in [7, 11) is 0. The molecular weight excluding hydrogens is 198 g/mol. The minimum atomic E-state index is 0. The fraction of sp³-hybridized carbons (Fsp3) is 0.455. The first kappa shape index (κ1) is 9.81. The van der Waals surface area contributed by atoms with Gasteiger partial charge in [0.15, 0.2) is 0 Å². The third-order valence-corrected chi connectivity index (χ3v) is 2.88. The molecule has 0 aromatic rings. The minimum Gasteiger partial charge on any atom is -0.386 e. The van der Waals surface area contributed by atoms with Gasteiger partial charge >= 0.3 is 0 Å². The van der Waals surface area contributed by atoms with Crippen LogP contribution in [0.3, 0.4) is 0 Å². The van der Waals surface area contributed by atoms with E-state index in [1.165, 1.54) is 24.1 Å². The summed E-state index contributed by atoms with van der Waals surface area (Å²) in [6.07, 6.45) is 11.4. The molecule has 0 aromatic heterocycles. The molecule has 1 saturated heterocycles. The zero-order valence-corrected chi connectivity index (χ0v) is 8.72. The van der Waals surface area contributed by atoms with E-state index in [0.717, 1.165) is 6.54 Å². The fourth-order valence-corrected chi connectivity index (χ4v) is 2.25. The van der Waals surface area contributed by atoms with E-state index in [0.29, 0.717) is 6.10 Å². The van der Waals surface area contributed by atoms with Gasteiger partial charge in [0.2, 0.25) is 0 Å². The van der Waals surface area contributed by atoms with Crippen LogP contribution in [0.5, 0.6) is 0 Å². The molecule has 0 spiro atoms. The second kappa shape index (κ2) is 3.79. The maximum absolute atomic E-state index is 5.89. The summed E-state index contributed by atoms with van der Waals surface area (Å²) in [5, 5.41) is 3.45. The van der Waals surface area contributed by atoms with Gasteiger partial charge in [0.05, 0.1) is 6.10 Å². The van der Waals surface area contributed by atoms with Crippen LogP contribution in [-0.2, 0) is 4.74 Å². The van der Waals surface area contributed by atoms with Crippen molar-refractivity contribution in [1.29, 1.82) is 0 Å². The molecule has 2 unspecified atom stereocenters. The van der Waals surface area contributed by atoms with E-state index >= 15 is 0 Å². The maximum Gasteiger partial charge on any atom is 0.104 e. The van der Waals surface area contributed by atoms with Gasteiger partial charge < -0.3 is 10.1 Å². The van der Waals surface area contributed by atoms with Crippen LogP contribution in [0, 0.1) is 0 Å². The average Bonchev–Trinajstić information content (AvgIpc) is 2.56. The first-order valence-electron chi connectivity index (χ1n) is 4.93. The van der Waals surface area contributed by atoms with Crippen LogP contribution in [0.4, 0.5) is 0 Å². The summed E-state index contributed by atoms with van der Waals surface area (Å²) >= 11 is 0. The lowest BCUT2D eigenvalue weighted by atomic mass is 10.00. The van der Waals surface area contributed by atoms with Crippen molar-refractivity contribution in [2.45, 2.75) is 25.0 Å². The molecule has 2 nitrogen and oxygen atoms in total. The standard InChI is InChI=1S/C11H13NO.ClH/c1-2-5-9-8(4-1)11-10(13-9)6-3-7-12-11;/h1-2,4-5,9-10,12H,3,6-7H2;1H. The fourth-order valence-electron chi connectivity index (χ4n) is 2.25. The largest absolute Gasteiger partial charge is 0.386 e. The molecule has 2 heterocycles. The van der Waals surface area contributed by atoms with E-state index in [2.05, 4.69) is 29.6 Å². The molecule has 3 heteroatoms. The Bertz CT molecular complexity index is 319. The molecule has 1 N–H and O–H groups in total. The Morgan fingerprint density at radius 3 is 3.21 bits per heavy atom. The number of nitrogens with one attached hydrogen (secondary N) is 1. The van der Waals surface area contributed by atoms with Crippen molar-refractivity contribution in [2.24, 2.45) is 0 Å². The quantitative estimate of drug-likeness (QED) is 0.661. The number of piperidine rings is 1. The normalized spacial score (nSPS) is 33.1. The summed E-state index contributed by atoms with van der Waals surface area (Å²) in [5.74, 6) is 0. The molecule has 3 aliphatic rings. The maximum atomic E-state index is 5.89. The Labute approximate surface area is 90.1 Å². The Balaban J connectivity index is 0.000000750. The van der Waals surface area contributed by atoms with Crippen molar-refractivity contribution >= 4 is 12.4 Å². The minimum absolute atomic E-state index is 0. The summed E-state index contributed by atoms with van der Waals surface area (Å²) < 4.78 is 5.89. The molecule has 76 valence electrons. The highest BCUT2D eigenvalue weighted by atomic mass is 35.5. The van der Waals surface area contributed by atoms with Crippen LogP contribution in [-0.4, -0.2) is 18.8 Å². The number of allylic oxidation sites excluding steroid dienone is 2. The van der Waals surface area contributed by atoms with Crippen molar-refractivity contribution in [3.05, 3.63) is 35.6 Å². The van der Waals surface area contributed by atoms with Crippen LogP contribution in [0.25, 0.3) is 0 Å². The highest BCUT2D eigenvalue weighted by Crippen LogP contribution is 2.33. The van der Waals surface area contributed by atoms with Gasteiger partial charge in [0.25, 0.3) is 0 Å². The van der Waals surface area contributed by atoms with Gasteiger partial charge in [-0.3, -0.25) is 0 Å². The zero-order chi connectivity index (χ0) is 8.67. The van der Waals surface area contributed by atoms with Gasteiger partial charge in [-0.1, -0.05) is 24.3 Å². The number of hydrogen-bond acceptors (Lipinski definition) is 2. The third kappa shape index (κ3) is 1.39. The summed E-state index contributed by atoms with van der Waals surface area (Å²) in [5.41, 5.74) is 2.67. The van der Waals surface area contributed by atoms with Crippen LogP contribution in [0.15, 0.2) is 35.6 Å². The molecular formula is C11H14ClNO. The second-order valence-electron chi connectivity index (χ2n) is 3.73. The number of halogens is 1. The van der Waals surface area contributed by atoms with Gasteiger partial charge in [0.1, 0.15) is 6.10 Å². The van der Waals surface area contributed by atoms with E-state index in [-0.39, 0.29) is 18.5 Å². The number of rotatable bonds is 0. The van der Waals surface area contributed by atoms with Crippen molar-refractivity contribution in [1.82, 2.24) is 5.32 Å². The lowest BCUT2D eigenvalue weighted by molar-refractivity contribution is 0.0642. The van der Waals surface area contributed by atoms with Gasteiger partial charge in [-0.05, 0) is 12.8 Å². The lowest BCUT2D eigenvalue weighted by Crippen LogP contribution is -2.30. The SMILES string of the molecule is C1=CC2=C3NCCCC3OC2C=C1.Cl. The Morgan fingerprint density at radius 1 is 1.36 bits per heavy atom. The van der Waals surface area contributed by atoms with E-state index < -0.39 is 0 Å². The van der Waals surface area contributed by atoms with Crippen molar-refractivity contribution in [2.75, 3.05) is 6.54 Å². The van der Waals surface area contributed by atoms with Gasteiger partial charge in [-0.25, -0.2) is 0 Å². The highest BCUT2D eigenvalue weighted by molar-refractivity contribution is 5.85. The van der Waals surface area contributed by atoms with Gasteiger partial charge in [-0.2, -0.15) is 0 Å². The Kier molecular flexibility index (Phi) is 2.66.